The summed E-state index contributed by atoms with van der Waals surface area (Å²) in [5.74, 6) is 1.26. The van der Waals surface area contributed by atoms with Crippen molar-refractivity contribution in [3.8, 4) is 11.1 Å². The minimum atomic E-state index is -3.26. The Labute approximate surface area is 206 Å². The van der Waals surface area contributed by atoms with Crippen LogP contribution in [-0.4, -0.2) is 59.8 Å². The second-order valence-corrected chi connectivity index (χ2v) is 12.0. The number of rotatable bonds is 8. The van der Waals surface area contributed by atoms with E-state index < -0.39 is 9.84 Å². The number of anilines is 1. The summed E-state index contributed by atoms with van der Waals surface area (Å²) in [4.78, 5) is 25.2. The lowest BCUT2D eigenvalue weighted by Gasteiger charge is -2.28. The average molecular weight is 496 g/mol. The molecule has 0 spiro atoms. The van der Waals surface area contributed by atoms with E-state index in [1.165, 1.54) is 12.8 Å². The predicted octanol–water partition coefficient (Wildman–Crippen LogP) is 3.56. The Kier molecular flexibility index (Phi) is 6.63. The normalized spacial score (nSPS) is 17.7. The quantitative estimate of drug-likeness (QED) is 0.510. The van der Waals surface area contributed by atoms with E-state index in [0.717, 1.165) is 50.2 Å². The molecular formula is C26H33N5O3S. The van der Waals surface area contributed by atoms with Crippen molar-refractivity contribution < 1.29 is 8.42 Å². The van der Waals surface area contributed by atoms with Crippen LogP contribution in [0.25, 0.3) is 22.2 Å². The minimum Gasteiger partial charge on any atom is -0.354 e. The molecule has 0 atom stereocenters. The molecule has 3 heterocycles. The standard InChI is InChI=1S/C26H33N5O3S/c1-3-31-24-20(17-28-26(29-24)27-13-10-18-11-14-30(2)15-12-18)16-23(25(31)32)19-4-6-21(7-5-19)35(33,34)22-8-9-22/h4-7,16-18,22H,3,8-15H2,1-2H3,(H,27,28,29). The molecular weight excluding hydrogens is 462 g/mol. The van der Waals surface area contributed by atoms with Gasteiger partial charge in [-0.1, -0.05) is 12.1 Å². The lowest BCUT2D eigenvalue weighted by molar-refractivity contribution is 0.215. The number of sulfone groups is 1. The number of aromatic nitrogens is 3. The summed E-state index contributed by atoms with van der Waals surface area (Å²) in [6.07, 6.45) is 6.74. The van der Waals surface area contributed by atoms with Crippen LogP contribution in [0, 0.1) is 5.92 Å². The van der Waals surface area contributed by atoms with Crippen LogP contribution in [0.15, 0.2) is 46.2 Å². The Bertz CT molecular complexity index is 1370. The smallest absolute Gasteiger partial charge is 0.260 e. The first-order valence-electron chi connectivity index (χ1n) is 12.5. The molecule has 0 unspecified atom stereocenters. The highest BCUT2D eigenvalue weighted by atomic mass is 32.2. The van der Waals surface area contributed by atoms with Gasteiger partial charge in [0.15, 0.2) is 9.84 Å². The molecule has 1 aliphatic carbocycles. The Morgan fingerprint density at radius 3 is 2.46 bits per heavy atom. The van der Waals surface area contributed by atoms with E-state index in [1.54, 1.807) is 41.1 Å². The Morgan fingerprint density at radius 2 is 1.80 bits per heavy atom. The fourth-order valence-corrected chi connectivity index (χ4v) is 6.54. The van der Waals surface area contributed by atoms with E-state index in [-0.39, 0.29) is 10.8 Å². The van der Waals surface area contributed by atoms with Crippen molar-refractivity contribution in [1.29, 1.82) is 0 Å². The zero-order valence-electron chi connectivity index (χ0n) is 20.4. The minimum absolute atomic E-state index is 0.145. The fraction of sp³-hybridized carbons (Fsp3) is 0.500. The molecule has 5 rings (SSSR count). The molecule has 1 aromatic carbocycles. The first-order valence-corrected chi connectivity index (χ1v) is 14.1. The molecule has 0 bridgehead atoms. The summed E-state index contributed by atoms with van der Waals surface area (Å²) in [5.41, 5.74) is 1.66. The molecule has 1 saturated heterocycles. The highest BCUT2D eigenvalue weighted by Crippen LogP contribution is 2.34. The second-order valence-electron chi connectivity index (χ2n) is 9.81. The van der Waals surface area contributed by atoms with Crippen LogP contribution in [0.1, 0.15) is 39.0 Å². The van der Waals surface area contributed by atoms with Gasteiger partial charge in [0.05, 0.1) is 10.1 Å². The summed E-state index contributed by atoms with van der Waals surface area (Å²) in [5, 5.41) is 3.86. The van der Waals surface area contributed by atoms with Crippen LogP contribution in [0.2, 0.25) is 0 Å². The van der Waals surface area contributed by atoms with Crippen LogP contribution in [-0.2, 0) is 16.4 Å². The molecule has 3 aromatic rings. The van der Waals surface area contributed by atoms with Gasteiger partial charge in [-0.25, -0.2) is 13.4 Å². The summed E-state index contributed by atoms with van der Waals surface area (Å²) in [7, 11) is -1.09. The van der Waals surface area contributed by atoms with Gasteiger partial charge in [-0.2, -0.15) is 4.98 Å². The molecule has 2 fully saturated rings. The second kappa shape index (κ2) is 9.70. The van der Waals surface area contributed by atoms with Crippen molar-refractivity contribution >= 4 is 26.8 Å². The first kappa shape index (κ1) is 23.9. The summed E-state index contributed by atoms with van der Waals surface area (Å²) in [6.45, 7) is 5.52. The largest absolute Gasteiger partial charge is 0.354 e. The molecule has 9 heteroatoms. The molecule has 1 saturated carbocycles. The lowest BCUT2D eigenvalue weighted by Crippen LogP contribution is -2.31. The van der Waals surface area contributed by atoms with E-state index in [2.05, 4.69) is 27.2 Å². The Morgan fingerprint density at radius 1 is 1.09 bits per heavy atom. The van der Waals surface area contributed by atoms with Crippen molar-refractivity contribution in [3.63, 3.8) is 0 Å². The zero-order valence-corrected chi connectivity index (χ0v) is 21.2. The molecule has 1 N–H and O–H groups in total. The maximum atomic E-state index is 13.3. The summed E-state index contributed by atoms with van der Waals surface area (Å²) in [6, 6.07) is 8.46. The van der Waals surface area contributed by atoms with E-state index in [0.29, 0.717) is 34.2 Å². The predicted molar refractivity (Wildman–Crippen MR) is 138 cm³/mol. The fourth-order valence-electron chi connectivity index (χ4n) is 4.88. The SMILES string of the molecule is CCn1c(=O)c(-c2ccc(S(=O)(=O)C3CC3)cc2)cc2cnc(NCCC3CCN(C)CC3)nc21. The molecule has 1 aliphatic heterocycles. The third-order valence-electron chi connectivity index (χ3n) is 7.27. The molecule has 0 amide bonds. The number of piperidine rings is 1. The molecule has 35 heavy (non-hydrogen) atoms. The number of hydrogen-bond acceptors (Lipinski definition) is 7. The van der Waals surface area contributed by atoms with Crippen LogP contribution in [0.3, 0.4) is 0 Å². The highest BCUT2D eigenvalue weighted by Gasteiger charge is 2.36. The number of nitrogens with zero attached hydrogens (tertiary/aromatic N) is 4. The van der Waals surface area contributed by atoms with Crippen molar-refractivity contribution in [2.24, 2.45) is 5.92 Å². The van der Waals surface area contributed by atoms with Crippen LogP contribution < -0.4 is 10.9 Å². The van der Waals surface area contributed by atoms with Crippen molar-refractivity contribution in [2.75, 3.05) is 32.0 Å². The number of benzene rings is 1. The number of nitrogens with one attached hydrogen (secondary N) is 1. The Hall–Kier alpha value is -2.78. The topological polar surface area (TPSA) is 97.2 Å². The maximum Gasteiger partial charge on any atom is 0.260 e. The zero-order chi connectivity index (χ0) is 24.6. The van der Waals surface area contributed by atoms with Crippen molar-refractivity contribution in [2.45, 2.75) is 55.7 Å². The van der Waals surface area contributed by atoms with Crippen LogP contribution in [0.4, 0.5) is 5.95 Å². The van der Waals surface area contributed by atoms with Crippen LogP contribution >= 0.6 is 0 Å². The monoisotopic (exact) mass is 495 g/mol. The molecule has 2 aliphatic rings. The molecule has 186 valence electrons. The molecule has 2 aromatic heterocycles. The van der Waals surface area contributed by atoms with Gasteiger partial charge in [0.1, 0.15) is 5.65 Å². The van der Waals surface area contributed by atoms with Crippen molar-refractivity contribution in [3.05, 3.63) is 46.9 Å². The average Bonchev–Trinajstić information content (AvgIpc) is 3.71. The van der Waals surface area contributed by atoms with Crippen LogP contribution in [0.5, 0.6) is 0 Å². The number of likely N-dealkylation sites (tertiary alicyclic amines) is 1. The number of fused-ring (bicyclic) bond motifs is 1. The number of aryl methyl sites for hydroxylation is 1. The molecule has 0 radical (unpaired) electrons. The van der Waals surface area contributed by atoms with Crippen molar-refractivity contribution in [1.82, 2.24) is 19.4 Å². The van der Waals surface area contributed by atoms with E-state index >= 15 is 0 Å². The molecule has 8 nitrogen and oxygen atoms in total. The van der Waals surface area contributed by atoms with Gasteiger partial charge in [0, 0.05) is 30.2 Å². The van der Waals surface area contributed by atoms with Gasteiger partial charge in [-0.15, -0.1) is 0 Å². The third-order valence-corrected chi connectivity index (χ3v) is 9.55. The lowest BCUT2D eigenvalue weighted by atomic mass is 9.94. The van der Waals surface area contributed by atoms with E-state index in [9.17, 15) is 13.2 Å². The van der Waals surface area contributed by atoms with Gasteiger partial charge in [-0.3, -0.25) is 9.36 Å². The van der Waals surface area contributed by atoms with Gasteiger partial charge in [-0.05, 0) is 88.8 Å². The Balaban J connectivity index is 1.37. The third kappa shape index (κ3) is 4.97. The van der Waals surface area contributed by atoms with Gasteiger partial charge >= 0.3 is 0 Å². The summed E-state index contributed by atoms with van der Waals surface area (Å²) >= 11 is 0. The maximum absolute atomic E-state index is 13.3. The van der Waals surface area contributed by atoms with Gasteiger partial charge < -0.3 is 10.2 Å². The van der Waals surface area contributed by atoms with Gasteiger partial charge in [0.2, 0.25) is 5.95 Å². The number of hydrogen-bond donors (Lipinski definition) is 1. The highest BCUT2D eigenvalue weighted by molar-refractivity contribution is 7.92. The van der Waals surface area contributed by atoms with E-state index in [1.807, 2.05) is 6.92 Å². The first-order chi connectivity index (χ1) is 16.9. The summed E-state index contributed by atoms with van der Waals surface area (Å²) < 4.78 is 26.7. The number of pyridine rings is 1. The van der Waals surface area contributed by atoms with Gasteiger partial charge in [0.25, 0.3) is 5.56 Å². The van der Waals surface area contributed by atoms with E-state index in [4.69, 9.17) is 0 Å².